The van der Waals surface area contributed by atoms with Crippen molar-refractivity contribution in [3.63, 3.8) is 0 Å². The van der Waals surface area contributed by atoms with Crippen LogP contribution < -0.4 is 4.90 Å². The molecule has 3 aromatic rings. The van der Waals surface area contributed by atoms with Crippen molar-refractivity contribution in [2.75, 3.05) is 18.5 Å². The molecule has 1 heterocycles. The third kappa shape index (κ3) is 3.73. The Labute approximate surface area is 151 Å². The molecule has 132 valence electrons. The third-order valence-corrected chi connectivity index (χ3v) is 4.86. The molecule has 0 amide bonds. The number of rotatable bonds is 6. The molecule has 0 saturated carbocycles. The van der Waals surface area contributed by atoms with E-state index in [1.165, 1.54) is 27.6 Å². The average Bonchev–Trinajstić information content (AvgIpc) is 2.98. The van der Waals surface area contributed by atoms with Gasteiger partial charge in [0.1, 0.15) is 5.58 Å². The first-order valence-corrected chi connectivity index (χ1v) is 9.33. The normalized spacial score (nSPS) is 11.4. The van der Waals surface area contributed by atoms with Crippen LogP contribution in [0.4, 0.5) is 5.88 Å². The number of nitrogens with zero attached hydrogens (tertiary/aromatic N) is 1. The molecular weight excluding hydrogens is 306 g/mol. The highest BCUT2D eigenvalue weighted by atomic mass is 16.4. The van der Waals surface area contributed by atoms with E-state index < -0.39 is 0 Å². The fourth-order valence-corrected chi connectivity index (χ4v) is 3.21. The van der Waals surface area contributed by atoms with E-state index in [0.717, 1.165) is 30.9 Å². The number of anilines is 1. The van der Waals surface area contributed by atoms with E-state index in [1.54, 1.807) is 0 Å². The molecule has 3 rings (SSSR count). The van der Waals surface area contributed by atoms with Crippen LogP contribution in [0.1, 0.15) is 38.3 Å². The summed E-state index contributed by atoms with van der Waals surface area (Å²) in [4.78, 5) is 2.26. The van der Waals surface area contributed by atoms with Crippen LogP contribution in [0.2, 0.25) is 0 Å². The Morgan fingerprint density at radius 2 is 1.76 bits per heavy atom. The zero-order valence-electron chi connectivity index (χ0n) is 16.1. The number of hydrogen-bond donors (Lipinski definition) is 0. The minimum Gasteiger partial charge on any atom is -0.440 e. The summed E-state index contributed by atoms with van der Waals surface area (Å²) in [7, 11) is 2.14. The highest BCUT2D eigenvalue weighted by Gasteiger charge is 2.19. The molecule has 2 heteroatoms. The lowest BCUT2D eigenvalue weighted by Crippen LogP contribution is -2.19. The minimum atomic E-state index is 0.682. The van der Waals surface area contributed by atoms with Gasteiger partial charge in [-0.15, -0.1) is 0 Å². The second-order valence-corrected chi connectivity index (χ2v) is 7.44. The number of benzene rings is 2. The Morgan fingerprint density at radius 1 is 1.04 bits per heavy atom. The van der Waals surface area contributed by atoms with E-state index in [1.807, 2.05) is 0 Å². The van der Waals surface area contributed by atoms with Crippen LogP contribution in [0.5, 0.6) is 0 Å². The highest BCUT2D eigenvalue weighted by Crippen LogP contribution is 2.40. The van der Waals surface area contributed by atoms with Gasteiger partial charge in [0.15, 0.2) is 0 Å². The van der Waals surface area contributed by atoms with Gasteiger partial charge < -0.3 is 9.32 Å². The molecule has 0 spiro atoms. The molecule has 0 bridgehead atoms. The maximum absolute atomic E-state index is 6.29. The van der Waals surface area contributed by atoms with Crippen molar-refractivity contribution in [3.05, 3.63) is 53.6 Å². The molecule has 0 aliphatic heterocycles. The first-order valence-electron chi connectivity index (χ1n) is 9.33. The Hall–Kier alpha value is -2.22. The number of aryl methyl sites for hydroxylation is 2. The molecule has 0 saturated heterocycles. The predicted molar refractivity (Wildman–Crippen MR) is 108 cm³/mol. The lowest BCUT2D eigenvalue weighted by atomic mass is 10.00. The van der Waals surface area contributed by atoms with Gasteiger partial charge in [0.2, 0.25) is 5.88 Å². The van der Waals surface area contributed by atoms with E-state index in [0.29, 0.717) is 5.92 Å². The zero-order valence-corrected chi connectivity index (χ0v) is 16.1. The van der Waals surface area contributed by atoms with Crippen LogP contribution in [-0.2, 0) is 6.42 Å². The van der Waals surface area contributed by atoms with Crippen LogP contribution in [0.3, 0.4) is 0 Å². The molecule has 2 aromatic carbocycles. The second-order valence-electron chi connectivity index (χ2n) is 7.44. The fourth-order valence-electron chi connectivity index (χ4n) is 3.21. The lowest BCUT2D eigenvalue weighted by Gasteiger charge is -2.19. The van der Waals surface area contributed by atoms with Gasteiger partial charge in [0.05, 0.1) is 5.56 Å². The van der Waals surface area contributed by atoms with Gasteiger partial charge >= 0.3 is 0 Å². The van der Waals surface area contributed by atoms with E-state index >= 15 is 0 Å². The molecular formula is C23H29NO. The largest absolute Gasteiger partial charge is 0.440 e. The zero-order chi connectivity index (χ0) is 18.0. The van der Waals surface area contributed by atoms with Crippen molar-refractivity contribution in [1.82, 2.24) is 0 Å². The number of furan rings is 1. The summed E-state index contributed by atoms with van der Waals surface area (Å²) >= 11 is 0. The molecule has 0 N–H and O–H groups in total. The van der Waals surface area contributed by atoms with Gasteiger partial charge in [-0.1, -0.05) is 56.7 Å². The molecule has 0 aliphatic rings. The van der Waals surface area contributed by atoms with Crippen LogP contribution in [0.25, 0.3) is 22.1 Å². The van der Waals surface area contributed by atoms with Crippen molar-refractivity contribution < 1.29 is 4.42 Å². The van der Waals surface area contributed by atoms with Gasteiger partial charge in [-0.05, 0) is 48.9 Å². The standard InChI is InChI=1S/C23H29NO/c1-6-18-8-10-19(11-9-18)22-20-15-17(4)7-12-21(20)25-23(22)24(5)14-13-16(2)3/h7-12,15-16H,6,13-14H2,1-5H3. The summed E-state index contributed by atoms with van der Waals surface area (Å²) in [5.41, 5.74) is 6.03. The molecule has 0 aliphatic carbocycles. The van der Waals surface area contributed by atoms with E-state index in [4.69, 9.17) is 4.42 Å². The smallest absolute Gasteiger partial charge is 0.204 e. The van der Waals surface area contributed by atoms with Crippen molar-refractivity contribution in [2.45, 2.75) is 40.5 Å². The van der Waals surface area contributed by atoms with Gasteiger partial charge in [-0.3, -0.25) is 0 Å². The van der Waals surface area contributed by atoms with Crippen molar-refractivity contribution in [1.29, 1.82) is 0 Å². The summed E-state index contributed by atoms with van der Waals surface area (Å²) in [6.07, 6.45) is 2.22. The SMILES string of the molecule is CCc1ccc(-c2c(N(C)CCC(C)C)oc3ccc(C)cc23)cc1. The van der Waals surface area contributed by atoms with Crippen molar-refractivity contribution >= 4 is 16.9 Å². The Kier molecular flexibility index (Phi) is 5.17. The van der Waals surface area contributed by atoms with Gasteiger partial charge in [0, 0.05) is 19.0 Å². The van der Waals surface area contributed by atoms with Crippen molar-refractivity contribution in [2.24, 2.45) is 5.92 Å². The average molecular weight is 335 g/mol. The third-order valence-electron chi connectivity index (χ3n) is 4.86. The molecule has 0 fully saturated rings. The maximum Gasteiger partial charge on any atom is 0.204 e. The van der Waals surface area contributed by atoms with E-state index in [2.05, 4.69) is 82.1 Å². The van der Waals surface area contributed by atoms with Crippen LogP contribution in [0.15, 0.2) is 46.9 Å². The van der Waals surface area contributed by atoms with Gasteiger partial charge in [0.25, 0.3) is 0 Å². The Balaban J connectivity index is 2.11. The van der Waals surface area contributed by atoms with Gasteiger partial charge in [-0.25, -0.2) is 0 Å². The van der Waals surface area contributed by atoms with E-state index in [9.17, 15) is 0 Å². The molecule has 1 aromatic heterocycles. The molecule has 0 radical (unpaired) electrons. The molecule has 0 unspecified atom stereocenters. The van der Waals surface area contributed by atoms with Crippen LogP contribution in [0, 0.1) is 12.8 Å². The molecule has 25 heavy (non-hydrogen) atoms. The van der Waals surface area contributed by atoms with Crippen LogP contribution >= 0.6 is 0 Å². The quantitative estimate of drug-likeness (QED) is 0.514. The van der Waals surface area contributed by atoms with Crippen LogP contribution in [-0.4, -0.2) is 13.6 Å². The summed E-state index contributed by atoms with van der Waals surface area (Å²) in [5, 5.41) is 1.20. The van der Waals surface area contributed by atoms with E-state index in [-0.39, 0.29) is 0 Å². The monoisotopic (exact) mass is 335 g/mol. The predicted octanol–water partition coefficient (Wildman–Crippen LogP) is 6.45. The molecule has 2 nitrogen and oxygen atoms in total. The Morgan fingerprint density at radius 3 is 2.40 bits per heavy atom. The lowest BCUT2D eigenvalue weighted by molar-refractivity contribution is 0.550. The first-order chi connectivity index (χ1) is 12.0. The number of hydrogen-bond acceptors (Lipinski definition) is 2. The van der Waals surface area contributed by atoms with Crippen molar-refractivity contribution in [3.8, 4) is 11.1 Å². The number of fused-ring (bicyclic) bond motifs is 1. The van der Waals surface area contributed by atoms with Gasteiger partial charge in [-0.2, -0.15) is 0 Å². The summed E-state index contributed by atoms with van der Waals surface area (Å²) in [6, 6.07) is 15.4. The Bertz CT molecular complexity index is 842. The summed E-state index contributed by atoms with van der Waals surface area (Å²) < 4.78 is 6.29. The minimum absolute atomic E-state index is 0.682. The summed E-state index contributed by atoms with van der Waals surface area (Å²) in [5.74, 6) is 1.66. The first kappa shape index (κ1) is 17.6. The maximum atomic E-state index is 6.29. The second kappa shape index (κ2) is 7.35. The fraction of sp³-hybridized carbons (Fsp3) is 0.391. The highest BCUT2D eigenvalue weighted by molar-refractivity contribution is 6.00. The topological polar surface area (TPSA) is 16.4 Å². The molecule has 0 atom stereocenters. The summed E-state index contributed by atoms with van der Waals surface area (Å²) in [6.45, 7) is 9.85.